The fourth-order valence-corrected chi connectivity index (χ4v) is 2.86. The third kappa shape index (κ3) is 3.24. The summed E-state index contributed by atoms with van der Waals surface area (Å²) < 4.78 is 0. The molecule has 6 nitrogen and oxygen atoms in total. The molecule has 2 amide bonds. The van der Waals surface area contributed by atoms with E-state index in [1.165, 1.54) is 22.3 Å². The number of carbonyl (C=O) groups excluding carboxylic acids is 1. The number of carboxylic acids is 1. The minimum absolute atomic E-state index is 0.103. The lowest BCUT2D eigenvalue weighted by Crippen LogP contribution is -2.41. The van der Waals surface area contributed by atoms with E-state index >= 15 is 0 Å². The number of aliphatic hydroxyl groups is 1. The maximum absolute atomic E-state index is 11.9. The van der Waals surface area contributed by atoms with E-state index < -0.39 is 5.97 Å². The first-order valence-electron chi connectivity index (χ1n) is 5.98. The van der Waals surface area contributed by atoms with Gasteiger partial charge in [0.2, 0.25) is 0 Å². The van der Waals surface area contributed by atoms with Gasteiger partial charge >= 0.3 is 12.0 Å². The molecule has 1 aliphatic carbocycles. The van der Waals surface area contributed by atoms with Gasteiger partial charge in [0.25, 0.3) is 0 Å². The lowest BCUT2D eigenvalue weighted by molar-refractivity contribution is 0.0332. The van der Waals surface area contributed by atoms with Crippen LogP contribution >= 0.6 is 11.3 Å². The van der Waals surface area contributed by atoms with E-state index in [2.05, 4.69) is 5.32 Å². The van der Waals surface area contributed by atoms with Crippen molar-refractivity contribution >= 4 is 28.3 Å². The van der Waals surface area contributed by atoms with Crippen LogP contribution in [0, 0.1) is 5.92 Å². The molecule has 0 aromatic carbocycles. The van der Waals surface area contributed by atoms with Crippen LogP contribution in [0.2, 0.25) is 0 Å². The third-order valence-electron chi connectivity index (χ3n) is 3.21. The zero-order chi connectivity index (χ0) is 14.0. The molecule has 1 heterocycles. The van der Waals surface area contributed by atoms with Gasteiger partial charge in [0.1, 0.15) is 5.00 Å². The van der Waals surface area contributed by atoms with E-state index in [0.29, 0.717) is 17.5 Å². The molecular weight excluding hydrogens is 268 g/mol. The van der Waals surface area contributed by atoms with Crippen molar-refractivity contribution in [3.63, 3.8) is 0 Å². The summed E-state index contributed by atoms with van der Waals surface area (Å²) in [6, 6.07) is 1.14. The van der Waals surface area contributed by atoms with Crippen molar-refractivity contribution in [3.8, 4) is 0 Å². The van der Waals surface area contributed by atoms with Crippen molar-refractivity contribution in [2.45, 2.75) is 18.9 Å². The number of aliphatic hydroxyl groups excluding tert-OH is 1. The van der Waals surface area contributed by atoms with Gasteiger partial charge in [-0.15, -0.1) is 11.3 Å². The van der Waals surface area contributed by atoms with Gasteiger partial charge in [-0.05, 0) is 30.2 Å². The summed E-state index contributed by atoms with van der Waals surface area (Å²) in [7, 11) is 1.66. The number of nitrogens with zero attached hydrogens (tertiary/aromatic N) is 1. The van der Waals surface area contributed by atoms with Gasteiger partial charge in [-0.1, -0.05) is 0 Å². The second kappa shape index (κ2) is 5.58. The summed E-state index contributed by atoms with van der Waals surface area (Å²) >= 11 is 1.18. The van der Waals surface area contributed by atoms with Crippen LogP contribution in [0.1, 0.15) is 23.2 Å². The highest BCUT2D eigenvalue weighted by Gasteiger charge is 2.29. The van der Waals surface area contributed by atoms with E-state index in [0.717, 1.165) is 12.8 Å². The van der Waals surface area contributed by atoms with E-state index in [4.69, 9.17) is 5.11 Å². The molecule has 1 aromatic heterocycles. The highest BCUT2D eigenvalue weighted by Crippen LogP contribution is 2.28. The number of carbonyl (C=O) groups is 2. The monoisotopic (exact) mass is 284 g/mol. The SMILES string of the molecule is CN(CC1CC(O)C1)C(=O)Nc1sccc1C(=O)O. The van der Waals surface area contributed by atoms with Gasteiger partial charge in [-0.3, -0.25) is 5.32 Å². The first kappa shape index (κ1) is 13.8. The van der Waals surface area contributed by atoms with Gasteiger partial charge in [-0.2, -0.15) is 0 Å². The number of anilines is 1. The van der Waals surface area contributed by atoms with Gasteiger partial charge in [0.05, 0.1) is 11.7 Å². The number of nitrogens with one attached hydrogen (secondary N) is 1. The summed E-state index contributed by atoms with van der Waals surface area (Å²) in [5.74, 6) is -0.727. The van der Waals surface area contributed by atoms with Gasteiger partial charge in [0.15, 0.2) is 0 Å². The topological polar surface area (TPSA) is 89.9 Å². The summed E-state index contributed by atoms with van der Waals surface area (Å²) in [5, 5.41) is 22.7. The molecule has 19 heavy (non-hydrogen) atoms. The zero-order valence-electron chi connectivity index (χ0n) is 10.5. The van der Waals surface area contributed by atoms with Gasteiger partial charge < -0.3 is 15.1 Å². The van der Waals surface area contributed by atoms with Crippen LogP contribution in [0.5, 0.6) is 0 Å². The molecule has 0 saturated heterocycles. The quantitative estimate of drug-likeness (QED) is 0.784. The Morgan fingerprint density at radius 3 is 2.79 bits per heavy atom. The maximum Gasteiger partial charge on any atom is 0.338 e. The maximum atomic E-state index is 11.9. The number of hydrogen-bond donors (Lipinski definition) is 3. The number of urea groups is 1. The van der Waals surface area contributed by atoms with Crippen LogP contribution < -0.4 is 5.32 Å². The molecule has 0 atom stereocenters. The Hall–Kier alpha value is -1.60. The summed E-state index contributed by atoms with van der Waals surface area (Å²) in [4.78, 5) is 24.3. The summed E-state index contributed by atoms with van der Waals surface area (Å²) in [5.41, 5.74) is 0.103. The summed E-state index contributed by atoms with van der Waals surface area (Å²) in [6.07, 6.45) is 1.20. The molecule has 0 unspecified atom stereocenters. The number of carboxylic acid groups (broad SMARTS) is 1. The molecule has 0 radical (unpaired) electrons. The van der Waals surface area contributed by atoms with Crippen LogP contribution in [0.4, 0.5) is 9.80 Å². The zero-order valence-corrected chi connectivity index (χ0v) is 11.3. The highest BCUT2D eigenvalue weighted by molar-refractivity contribution is 7.14. The van der Waals surface area contributed by atoms with E-state index in [9.17, 15) is 14.7 Å². The molecule has 1 fully saturated rings. The first-order chi connectivity index (χ1) is 8.97. The third-order valence-corrected chi connectivity index (χ3v) is 4.04. The van der Waals surface area contributed by atoms with E-state index in [1.807, 2.05) is 0 Å². The predicted molar refractivity (Wildman–Crippen MR) is 71.7 cm³/mol. The minimum atomic E-state index is -1.05. The standard InChI is InChI=1S/C12H16N2O4S/c1-14(6-7-4-8(15)5-7)12(18)13-10-9(11(16)17)2-3-19-10/h2-3,7-8,15H,4-6H2,1H3,(H,13,18)(H,16,17). The Morgan fingerprint density at radius 2 is 2.21 bits per heavy atom. The second-order valence-electron chi connectivity index (χ2n) is 4.77. The molecule has 1 saturated carbocycles. The average Bonchev–Trinajstić information content (AvgIpc) is 2.75. The lowest BCUT2D eigenvalue weighted by atomic mass is 9.82. The Labute approximate surface area is 114 Å². The number of thiophene rings is 1. The fraction of sp³-hybridized carbons (Fsp3) is 0.500. The Balaban J connectivity index is 1.89. The smallest absolute Gasteiger partial charge is 0.338 e. The number of amides is 2. The first-order valence-corrected chi connectivity index (χ1v) is 6.86. The molecular formula is C12H16N2O4S. The Bertz CT molecular complexity index is 482. The normalized spacial score (nSPS) is 21.6. The van der Waals surface area contributed by atoms with Gasteiger partial charge in [0, 0.05) is 13.6 Å². The molecule has 104 valence electrons. The van der Waals surface area contributed by atoms with Crippen molar-refractivity contribution < 1.29 is 19.8 Å². The number of rotatable bonds is 4. The van der Waals surface area contributed by atoms with Crippen molar-refractivity contribution in [3.05, 3.63) is 17.0 Å². The molecule has 3 N–H and O–H groups in total. The Kier molecular flexibility index (Phi) is 4.06. The van der Waals surface area contributed by atoms with Crippen LogP contribution in [0.15, 0.2) is 11.4 Å². The molecule has 1 aromatic rings. The lowest BCUT2D eigenvalue weighted by Gasteiger charge is -2.34. The van der Waals surface area contributed by atoms with Crippen LogP contribution in [0.25, 0.3) is 0 Å². The van der Waals surface area contributed by atoms with Crippen molar-refractivity contribution in [2.75, 3.05) is 18.9 Å². The largest absolute Gasteiger partial charge is 0.478 e. The molecule has 2 rings (SSSR count). The summed E-state index contributed by atoms with van der Waals surface area (Å²) in [6.45, 7) is 0.566. The van der Waals surface area contributed by atoms with Gasteiger partial charge in [-0.25, -0.2) is 9.59 Å². The van der Waals surface area contributed by atoms with Crippen molar-refractivity contribution in [1.29, 1.82) is 0 Å². The van der Waals surface area contributed by atoms with Crippen molar-refractivity contribution in [2.24, 2.45) is 5.92 Å². The molecule has 0 aliphatic heterocycles. The minimum Gasteiger partial charge on any atom is -0.478 e. The van der Waals surface area contributed by atoms with Crippen LogP contribution in [-0.4, -0.2) is 46.8 Å². The van der Waals surface area contributed by atoms with Crippen LogP contribution in [-0.2, 0) is 0 Å². The van der Waals surface area contributed by atoms with E-state index in [1.54, 1.807) is 12.4 Å². The molecule has 0 spiro atoms. The highest BCUT2D eigenvalue weighted by atomic mass is 32.1. The second-order valence-corrected chi connectivity index (χ2v) is 5.69. The molecule has 0 bridgehead atoms. The molecule has 1 aliphatic rings. The average molecular weight is 284 g/mol. The van der Waals surface area contributed by atoms with Crippen molar-refractivity contribution in [1.82, 2.24) is 4.90 Å². The van der Waals surface area contributed by atoms with E-state index in [-0.39, 0.29) is 17.7 Å². The fourth-order valence-electron chi connectivity index (χ4n) is 2.09. The number of hydrogen-bond acceptors (Lipinski definition) is 4. The van der Waals surface area contributed by atoms with Crippen LogP contribution in [0.3, 0.4) is 0 Å². The predicted octanol–water partition coefficient (Wildman–Crippen LogP) is 1.68. The Morgan fingerprint density at radius 1 is 1.53 bits per heavy atom. The molecule has 7 heteroatoms. The number of aromatic carboxylic acids is 1.